The SMILES string of the molecule is CCCCc1nc(OC)c(C(=O)OC)[nH]1. The molecule has 15 heavy (non-hydrogen) atoms. The number of carbonyl (C=O) groups is 1. The highest BCUT2D eigenvalue weighted by molar-refractivity contribution is 5.89. The summed E-state index contributed by atoms with van der Waals surface area (Å²) in [7, 11) is 2.81. The number of nitrogens with zero attached hydrogens (tertiary/aromatic N) is 1. The summed E-state index contributed by atoms with van der Waals surface area (Å²) < 4.78 is 9.59. The van der Waals surface area contributed by atoms with Crippen molar-refractivity contribution < 1.29 is 14.3 Å². The Balaban J connectivity index is 2.85. The lowest BCUT2D eigenvalue weighted by Crippen LogP contribution is -2.03. The van der Waals surface area contributed by atoms with Crippen molar-refractivity contribution in [3.63, 3.8) is 0 Å². The predicted octanol–water partition coefficient (Wildman–Crippen LogP) is 1.55. The van der Waals surface area contributed by atoms with Gasteiger partial charge in [0.05, 0.1) is 14.2 Å². The molecule has 0 aliphatic heterocycles. The molecule has 0 amide bonds. The fourth-order valence-corrected chi connectivity index (χ4v) is 1.25. The molecule has 0 radical (unpaired) electrons. The highest BCUT2D eigenvalue weighted by Crippen LogP contribution is 2.16. The van der Waals surface area contributed by atoms with E-state index >= 15 is 0 Å². The minimum absolute atomic E-state index is 0.283. The number of nitrogens with one attached hydrogen (secondary N) is 1. The first-order chi connectivity index (χ1) is 7.22. The third-order valence-corrected chi connectivity index (χ3v) is 2.07. The van der Waals surface area contributed by atoms with E-state index in [1.54, 1.807) is 0 Å². The molecule has 1 aromatic rings. The average Bonchev–Trinajstić information content (AvgIpc) is 2.68. The van der Waals surface area contributed by atoms with Crippen LogP contribution in [0.4, 0.5) is 0 Å². The van der Waals surface area contributed by atoms with Crippen LogP contribution >= 0.6 is 0 Å². The lowest BCUT2D eigenvalue weighted by atomic mass is 10.2. The highest BCUT2D eigenvalue weighted by atomic mass is 16.5. The number of carbonyl (C=O) groups excluding carboxylic acids is 1. The summed E-state index contributed by atoms with van der Waals surface area (Å²) in [5.74, 6) is 0.601. The zero-order valence-electron chi connectivity index (χ0n) is 9.29. The van der Waals surface area contributed by atoms with E-state index in [9.17, 15) is 4.79 Å². The first-order valence-corrected chi connectivity index (χ1v) is 4.94. The molecule has 0 fully saturated rings. The van der Waals surface area contributed by atoms with Crippen molar-refractivity contribution in [3.8, 4) is 5.88 Å². The molecule has 0 bridgehead atoms. The molecule has 5 heteroatoms. The second kappa shape index (κ2) is 5.38. The van der Waals surface area contributed by atoms with Gasteiger partial charge in [-0.15, -0.1) is 0 Å². The fourth-order valence-electron chi connectivity index (χ4n) is 1.25. The Hall–Kier alpha value is -1.52. The molecular formula is C10H16N2O3. The molecule has 0 saturated heterocycles. The summed E-state index contributed by atoms with van der Waals surface area (Å²) in [5.41, 5.74) is 0.283. The van der Waals surface area contributed by atoms with Crippen LogP contribution in [0.3, 0.4) is 0 Å². The number of H-pyrrole nitrogens is 1. The van der Waals surface area contributed by atoms with E-state index in [-0.39, 0.29) is 5.69 Å². The molecule has 1 N–H and O–H groups in total. The van der Waals surface area contributed by atoms with Crippen molar-refractivity contribution in [1.29, 1.82) is 0 Å². The van der Waals surface area contributed by atoms with Gasteiger partial charge in [-0.1, -0.05) is 13.3 Å². The Bertz CT molecular complexity index is 333. The van der Waals surface area contributed by atoms with Gasteiger partial charge in [0.1, 0.15) is 5.82 Å². The van der Waals surface area contributed by atoms with Crippen LogP contribution in [0.1, 0.15) is 36.1 Å². The number of unbranched alkanes of at least 4 members (excludes halogenated alkanes) is 1. The van der Waals surface area contributed by atoms with Gasteiger partial charge in [0, 0.05) is 6.42 Å². The first-order valence-electron chi connectivity index (χ1n) is 4.94. The fraction of sp³-hybridized carbons (Fsp3) is 0.600. The Labute approximate surface area is 88.8 Å². The number of ether oxygens (including phenoxy) is 2. The number of aryl methyl sites for hydroxylation is 1. The molecule has 1 aromatic heterocycles. The normalized spacial score (nSPS) is 10.1. The van der Waals surface area contributed by atoms with Crippen LogP contribution < -0.4 is 4.74 Å². The summed E-state index contributed by atoms with van der Waals surface area (Å²) in [5, 5.41) is 0. The number of hydrogen-bond acceptors (Lipinski definition) is 4. The molecule has 0 aliphatic rings. The van der Waals surface area contributed by atoms with Crippen LogP contribution in [0.2, 0.25) is 0 Å². The van der Waals surface area contributed by atoms with Crippen LogP contribution in [0.15, 0.2) is 0 Å². The molecule has 84 valence electrons. The van der Waals surface area contributed by atoms with Crippen LogP contribution in [0, 0.1) is 0 Å². The van der Waals surface area contributed by atoms with Crippen molar-refractivity contribution in [1.82, 2.24) is 9.97 Å². The van der Waals surface area contributed by atoms with Gasteiger partial charge < -0.3 is 14.5 Å². The van der Waals surface area contributed by atoms with Crippen LogP contribution in [0.5, 0.6) is 5.88 Å². The van der Waals surface area contributed by atoms with E-state index in [4.69, 9.17) is 4.74 Å². The van der Waals surface area contributed by atoms with Crippen molar-refractivity contribution >= 4 is 5.97 Å². The molecule has 1 rings (SSSR count). The summed E-state index contributed by atoms with van der Waals surface area (Å²) in [6.45, 7) is 2.10. The van der Waals surface area contributed by atoms with E-state index in [1.807, 2.05) is 0 Å². The third kappa shape index (κ3) is 2.71. The number of aromatic nitrogens is 2. The van der Waals surface area contributed by atoms with Gasteiger partial charge >= 0.3 is 5.97 Å². The average molecular weight is 212 g/mol. The highest BCUT2D eigenvalue weighted by Gasteiger charge is 2.18. The lowest BCUT2D eigenvalue weighted by molar-refractivity contribution is 0.0590. The minimum atomic E-state index is -0.456. The van der Waals surface area contributed by atoms with E-state index in [0.29, 0.717) is 5.88 Å². The zero-order valence-corrected chi connectivity index (χ0v) is 9.29. The Morgan fingerprint density at radius 1 is 1.47 bits per heavy atom. The molecule has 0 spiro atoms. The maximum atomic E-state index is 11.3. The van der Waals surface area contributed by atoms with Crippen molar-refractivity contribution in [2.45, 2.75) is 26.2 Å². The molecular weight excluding hydrogens is 196 g/mol. The number of hydrogen-bond donors (Lipinski definition) is 1. The summed E-state index contributed by atoms with van der Waals surface area (Å²) in [4.78, 5) is 18.4. The monoisotopic (exact) mass is 212 g/mol. The Morgan fingerprint density at radius 3 is 2.73 bits per heavy atom. The van der Waals surface area contributed by atoms with E-state index < -0.39 is 5.97 Å². The first kappa shape index (κ1) is 11.6. The van der Waals surface area contributed by atoms with Gasteiger partial charge in [-0.2, -0.15) is 4.98 Å². The summed E-state index contributed by atoms with van der Waals surface area (Å²) in [6.07, 6.45) is 2.91. The minimum Gasteiger partial charge on any atom is -0.479 e. The Kier molecular flexibility index (Phi) is 4.15. The number of rotatable bonds is 5. The number of imidazole rings is 1. The van der Waals surface area contributed by atoms with E-state index in [0.717, 1.165) is 25.1 Å². The maximum absolute atomic E-state index is 11.3. The number of aromatic amines is 1. The van der Waals surface area contributed by atoms with Crippen molar-refractivity contribution in [2.75, 3.05) is 14.2 Å². The quantitative estimate of drug-likeness (QED) is 0.752. The molecule has 0 aliphatic carbocycles. The van der Waals surface area contributed by atoms with Crippen molar-refractivity contribution in [2.24, 2.45) is 0 Å². The third-order valence-electron chi connectivity index (χ3n) is 2.07. The summed E-state index contributed by atoms with van der Waals surface area (Å²) >= 11 is 0. The molecule has 0 unspecified atom stereocenters. The van der Waals surface area contributed by atoms with Crippen LogP contribution in [0.25, 0.3) is 0 Å². The maximum Gasteiger partial charge on any atom is 0.360 e. The Morgan fingerprint density at radius 2 is 2.20 bits per heavy atom. The van der Waals surface area contributed by atoms with Crippen LogP contribution in [-0.4, -0.2) is 30.2 Å². The standard InChI is InChI=1S/C10H16N2O3/c1-4-5-6-7-11-8(10(13)15-3)9(12-7)14-2/h4-6H2,1-3H3,(H,11,12). The second-order valence-electron chi connectivity index (χ2n) is 3.16. The molecule has 0 saturated carbocycles. The molecule has 1 heterocycles. The van der Waals surface area contributed by atoms with E-state index in [2.05, 4.69) is 21.6 Å². The molecule has 5 nitrogen and oxygen atoms in total. The molecule has 0 aromatic carbocycles. The predicted molar refractivity (Wildman–Crippen MR) is 55.1 cm³/mol. The van der Waals surface area contributed by atoms with Gasteiger partial charge in [0.25, 0.3) is 0 Å². The smallest absolute Gasteiger partial charge is 0.360 e. The summed E-state index contributed by atoms with van der Waals surface area (Å²) in [6, 6.07) is 0. The topological polar surface area (TPSA) is 64.2 Å². The van der Waals surface area contributed by atoms with Gasteiger partial charge in [0.2, 0.25) is 5.88 Å². The van der Waals surface area contributed by atoms with Crippen LogP contribution in [-0.2, 0) is 11.2 Å². The largest absolute Gasteiger partial charge is 0.479 e. The molecule has 0 atom stereocenters. The van der Waals surface area contributed by atoms with Crippen molar-refractivity contribution in [3.05, 3.63) is 11.5 Å². The lowest BCUT2D eigenvalue weighted by Gasteiger charge is -1.97. The van der Waals surface area contributed by atoms with E-state index in [1.165, 1.54) is 14.2 Å². The zero-order chi connectivity index (χ0) is 11.3. The van der Waals surface area contributed by atoms with Gasteiger partial charge in [0.15, 0.2) is 5.69 Å². The van der Waals surface area contributed by atoms with Gasteiger partial charge in [-0.05, 0) is 6.42 Å². The van der Waals surface area contributed by atoms with Gasteiger partial charge in [-0.25, -0.2) is 4.79 Å². The van der Waals surface area contributed by atoms with Gasteiger partial charge in [-0.3, -0.25) is 0 Å². The number of methoxy groups -OCH3 is 2. The second-order valence-corrected chi connectivity index (χ2v) is 3.16. The number of esters is 1.